The fourth-order valence-electron chi connectivity index (χ4n) is 3.33. The Bertz CT molecular complexity index is 894. The van der Waals surface area contributed by atoms with Crippen LogP contribution in [0.4, 0.5) is 5.69 Å². The Hall–Kier alpha value is -3.06. The molecule has 0 saturated heterocycles. The number of carboxylic acid groups (broad SMARTS) is 1. The zero-order chi connectivity index (χ0) is 20.3. The molecule has 1 aliphatic heterocycles. The second-order valence-electron chi connectivity index (χ2n) is 6.45. The zero-order valence-corrected chi connectivity index (χ0v) is 16.0. The number of nitrogens with one attached hydrogen (secondary N) is 1. The number of ether oxygens (including phenoxy) is 3. The standard InChI is InChI=1S/C21H23NO6/c1-4-12-8-9-15-14(10-12)19(28-17(11-18(23)24)21(25)22-15)13-6-5-7-16(26-2)20(13)27-3/h5-10,17,19H,4,11H2,1-3H3,(H,22,25)(H,23,24)/t17-,19-/m1/s1. The molecule has 3 rings (SSSR count). The average Bonchev–Trinajstić information content (AvgIpc) is 2.82. The number of rotatable bonds is 6. The van der Waals surface area contributed by atoms with Gasteiger partial charge in [0.25, 0.3) is 5.91 Å². The molecule has 0 aromatic heterocycles. The number of para-hydroxylation sites is 1. The molecule has 7 nitrogen and oxygen atoms in total. The number of hydrogen-bond donors (Lipinski definition) is 2. The predicted molar refractivity (Wildman–Crippen MR) is 103 cm³/mol. The lowest BCUT2D eigenvalue weighted by atomic mass is 9.96. The summed E-state index contributed by atoms with van der Waals surface area (Å²) in [6.45, 7) is 2.03. The normalized spacial score (nSPS) is 18.6. The number of anilines is 1. The molecular formula is C21H23NO6. The average molecular weight is 385 g/mol. The molecular weight excluding hydrogens is 362 g/mol. The van der Waals surface area contributed by atoms with Crippen molar-refractivity contribution < 1.29 is 28.9 Å². The van der Waals surface area contributed by atoms with Crippen LogP contribution in [0.2, 0.25) is 0 Å². The molecule has 0 unspecified atom stereocenters. The lowest BCUT2D eigenvalue weighted by Crippen LogP contribution is -2.31. The number of carbonyl (C=O) groups excluding carboxylic acids is 1. The highest BCUT2D eigenvalue weighted by atomic mass is 16.5. The van der Waals surface area contributed by atoms with E-state index in [1.807, 2.05) is 31.2 Å². The van der Waals surface area contributed by atoms with Gasteiger partial charge in [0.1, 0.15) is 12.2 Å². The topological polar surface area (TPSA) is 94.1 Å². The summed E-state index contributed by atoms with van der Waals surface area (Å²) in [5.74, 6) is -0.602. The highest BCUT2D eigenvalue weighted by molar-refractivity contribution is 5.97. The first-order valence-electron chi connectivity index (χ1n) is 9.00. The number of aliphatic carboxylic acids is 1. The van der Waals surface area contributed by atoms with Crippen LogP contribution < -0.4 is 14.8 Å². The Morgan fingerprint density at radius 1 is 1.18 bits per heavy atom. The third kappa shape index (κ3) is 3.80. The molecule has 1 heterocycles. The van der Waals surface area contributed by atoms with Crippen LogP contribution in [-0.2, 0) is 20.7 Å². The second-order valence-corrected chi connectivity index (χ2v) is 6.45. The number of amides is 1. The summed E-state index contributed by atoms with van der Waals surface area (Å²) in [5.41, 5.74) is 3.06. The quantitative estimate of drug-likeness (QED) is 0.793. The van der Waals surface area contributed by atoms with E-state index in [0.717, 1.165) is 17.5 Å². The van der Waals surface area contributed by atoms with E-state index in [1.165, 1.54) is 14.2 Å². The SMILES string of the molecule is CCc1ccc2c(c1)[C@@H](c1cccc(OC)c1OC)O[C@H](CC(=O)O)C(=O)N2. The van der Waals surface area contributed by atoms with E-state index in [0.29, 0.717) is 22.7 Å². The van der Waals surface area contributed by atoms with Gasteiger partial charge in [-0.05, 0) is 24.1 Å². The van der Waals surface area contributed by atoms with Gasteiger partial charge in [-0.2, -0.15) is 0 Å². The molecule has 0 aliphatic carbocycles. The Kier molecular flexibility index (Phi) is 5.84. The maximum absolute atomic E-state index is 12.6. The van der Waals surface area contributed by atoms with E-state index in [1.54, 1.807) is 12.1 Å². The van der Waals surface area contributed by atoms with Crippen molar-refractivity contribution in [1.29, 1.82) is 0 Å². The maximum Gasteiger partial charge on any atom is 0.306 e. The lowest BCUT2D eigenvalue weighted by Gasteiger charge is -2.24. The van der Waals surface area contributed by atoms with Crippen molar-refractivity contribution in [3.05, 3.63) is 53.1 Å². The van der Waals surface area contributed by atoms with Crippen LogP contribution in [0.3, 0.4) is 0 Å². The van der Waals surface area contributed by atoms with Gasteiger partial charge >= 0.3 is 5.97 Å². The van der Waals surface area contributed by atoms with E-state index >= 15 is 0 Å². The molecule has 0 spiro atoms. The van der Waals surface area contributed by atoms with Crippen LogP contribution in [0.25, 0.3) is 0 Å². The number of carboxylic acids is 1. The maximum atomic E-state index is 12.6. The summed E-state index contributed by atoms with van der Waals surface area (Å²) < 4.78 is 17.0. The molecule has 28 heavy (non-hydrogen) atoms. The number of aryl methyl sites for hydroxylation is 1. The molecule has 2 aromatic carbocycles. The van der Waals surface area contributed by atoms with Crippen molar-refractivity contribution in [3.8, 4) is 11.5 Å². The molecule has 1 aliphatic rings. The minimum atomic E-state index is -1.14. The van der Waals surface area contributed by atoms with E-state index in [2.05, 4.69) is 5.32 Å². The van der Waals surface area contributed by atoms with Crippen molar-refractivity contribution in [2.45, 2.75) is 32.0 Å². The van der Waals surface area contributed by atoms with Crippen LogP contribution in [0.1, 0.15) is 36.1 Å². The first-order chi connectivity index (χ1) is 13.5. The van der Waals surface area contributed by atoms with E-state index in [9.17, 15) is 14.7 Å². The van der Waals surface area contributed by atoms with Gasteiger partial charge in [-0.25, -0.2) is 0 Å². The minimum Gasteiger partial charge on any atom is -0.493 e. The van der Waals surface area contributed by atoms with Gasteiger partial charge in [-0.1, -0.05) is 31.2 Å². The smallest absolute Gasteiger partial charge is 0.306 e. The summed E-state index contributed by atoms with van der Waals surface area (Å²) in [6.07, 6.45) is -1.48. The summed E-state index contributed by atoms with van der Waals surface area (Å²) in [6, 6.07) is 11.1. The Morgan fingerprint density at radius 2 is 1.96 bits per heavy atom. The number of fused-ring (bicyclic) bond motifs is 1. The highest BCUT2D eigenvalue weighted by Gasteiger charge is 2.35. The van der Waals surface area contributed by atoms with Gasteiger partial charge < -0.3 is 24.6 Å². The predicted octanol–water partition coefficient (Wildman–Crippen LogP) is 3.17. The third-order valence-corrected chi connectivity index (χ3v) is 4.73. The van der Waals surface area contributed by atoms with E-state index in [-0.39, 0.29) is 0 Å². The molecule has 148 valence electrons. The Labute approximate surface area is 163 Å². The third-order valence-electron chi connectivity index (χ3n) is 4.73. The van der Waals surface area contributed by atoms with Gasteiger partial charge in [0.05, 0.1) is 20.6 Å². The molecule has 2 N–H and O–H groups in total. The summed E-state index contributed by atoms with van der Waals surface area (Å²) in [7, 11) is 3.07. The summed E-state index contributed by atoms with van der Waals surface area (Å²) in [4.78, 5) is 23.8. The van der Waals surface area contributed by atoms with Crippen LogP contribution in [0, 0.1) is 0 Å². The molecule has 0 radical (unpaired) electrons. The van der Waals surface area contributed by atoms with Crippen LogP contribution >= 0.6 is 0 Å². The highest BCUT2D eigenvalue weighted by Crippen LogP contribution is 2.43. The van der Waals surface area contributed by atoms with Crippen LogP contribution in [0.5, 0.6) is 11.5 Å². The van der Waals surface area contributed by atoms with Gasteiger partial charge in [0, 0.05) is 16.8 Å². The van der Waals surface area contributed by atoms with E-state index in [4.69, 9.17) is 14.2 Å². The van der Waals surface area contributed by atoms with Crippen LogP contribution in [0.15, 0.2) is 36.4 Å². The monoisotopic (exact) mass is 385 g/mol. The number of carbonyl (C=O) groups is 2. The Balaban J connectivity index is 2.18. The van der Waals surface area contributed by atoms with Gasteiger partial charge in [-0.3, -0.25) is 9.59 Å². The Morgan fingerprint density at radius 3 is 2.61 bits per heavy atom. The molecule has 0 fully saturated rings. The van der Waals surface area contributed by atoms with Crippen molar-refractivity contribution in [3.63, 3.8) is 0 Å². The van der Waals surface area contributed by atoms with Crippen molar-refractivity contribution in [1.82, 2.24) is 0 Å². The summed E-state index contributed by atoms with van der Waals surface area (Å²) in [5, 5.41) is 12.0. The zero-order valence-electron chi connectivity index (χ0n) is 16.0. The van der Waals surface area contributed by atoms with Crippen molar-refractivity contribution in [2.24, 2.45) is 0 Å². The van der Waals surface area contributed by atoms with Crippen LogP contribution in [-0.4, -0.2) is 37.3 Å². The fraction of sp³-hybridized carbons (Fsp3) is 0.333. The first kappa shape index (κ1) is 19.7. The first-order valence-corrected chi connectivity index (χ1v) is 9.00. The summed E-state index contributed by atoms with van der Waals surface area (Å²) >= 11 is 0. The van der Waals surface area contributed by atoms with Gasteiger partial charge in [-0.15, -0.1) is 0 Å². The molecule has 2 atom stereocenters. The second kappa shape index (κ2) is 8.31. The molecule has 0 saturated carbocycles. The number of methoxy groups -OCH3 is 2. The largest absolute Gasteiger partial charge is 0.493 e. The fourth-order valence-corrected chi connectivity index (χ4v) is 3.33. The minimum absolute atomic E-state index is 0.441. The van der Waals surface area contributed by atoms with Gasteiger partial charge in [0.15, 0.2) is 11.5 Å². The molecule has 7 heteroatoms. The lowest BCUT2D eigenvalue weighted by molar-refractivity contribution is -0.146. The molecule has 2 aromatic rings. The number of benzene rings is 2. The van der Waals surface area contributed by atoms with Gasteiger partial charge in [0.2, 0.25) is 0 Å². The van der Waals surface area contributed by atoms with E-state index < -0.39 is 30.5 Å². The van der Waals surface area contributed by atoms with Crippen molar-refractivity contribution >= 4 is 17.6 Å². The van der Waals surface area contributed by atoms with Crippen molar-refractivity contribution in [2.75, 3.05) is 19.5 Å². The molecule has 0 bridgehead atoms. The number of hydrogen-bond acceptors (Lipinski definition) is 5. The molecule has 1 amide bonds.